The smallest absolute Gasteiger partial charge is 0.185 e. The summed E-state index contributed by atoms with van der Waals surface area (Å²) in [6.07, 6.45) is 6.30. The molecule has 0 saturated heterocycles. The van der Waals surface area contributed by atoms with Crippen molar-refractivity contribution in [1.82, 2.24) is 0 Å². The van der Waals surface area contributed by atoms with E-state index >= 15 is 0 Å². The predicted molar refractivity (Wildman–Crippen MR) is 126 cm³/mol. The van der Waals surface area contributed by atoms with Gasteiger partial charge in [0, 0.05) is 60.8 Å². The van der Waals surface area contributed by atoms with Gasteiger partial charge in [0.15, 0.2) is 5.78 Å². The molecule has 1 fully saturated rings. The van der Waals surface area contributed by atoms with Crippen molar-refractivity contribution in [3.05, 3.63) is 68.7 Å². The number of halogens is 2. The Balaban J connectivity index is 1.89. The van der Waals surface area contributed by atoms with Crippen molar-refractivity contribution in [1.29, 1.82) is 0 Å². The van der Waals surface area contributed by atoms with Crippen LogP contribution in [0.2, 0.25) is 10.0 Å². The van der Waals surface area contributed by atoms with Crippen LogP contribution in [0.5, 0.6) is 0 Å². The Morgan fingerprint density at radius 3 is 1.52 bits per heavy atom. The zero-order valence-electron chi connectivity index (χ0n) is 17.3. The maximum atomic E-state index is 13.1. The Labute approximate surface area is 183 Å². The van der Waals surface area contributed by atoms with E-state index in [9.17, 15) is 4.79 Å². The number of carbonyl (C=O) groups excluding carboxylic acids is 1. The maximum Gasteiger partial charge on any atom is 0.185 e. The molecule has 0 atom stereocenters. The molecule has 1 aliphatic rings. The van der Waals surface area contributed by atoms with Gasteiger partial charge in [0.2, 0.25) is 0 Å². The summed E-state index contributed by atoms with van der Waals surface area (Å²) in [5.74, 6) is 0.0803. The first-order valence-corrected chi connectivity index (χ1v) is 10.4. The van der Waals surface area contributed by atoms with E-state index in [1.165, 1.54) is 0 Å². The third-order valence-corrected chi connectivity index (χ3v) is 5.79. The summed E-state index contributed by atoms with van der Waals surface area (Å²) in [4.78, 5) is 17.1. The quantitative estimate of drug-likeness (QED) is 0.530. The zero-order valence-corrected chi connectivity index (χ0v) is 18.8. The molecule has 1 saturated carbocycles. The highest BCUT2D eigenvalue weighted by molar-refractivity contribution is 6.33. The molecule has 0 bridgehead atoms. The van der Waals surface area contributed by atoms with E-state index in [0.717, 1.165) is 52.9 Å². The first-order valence-electron chi connectivity index (χ1n) is 9.66. The number of benzene rings is 2. The number of allylic oxidation sites excluding steroid dienone is 2. The third kappa shape index (κ3) is 5.04. The molecule has 3 nitrogen and oxygen atoms in total. The largest absolute Gasteiger partial charge is 0.378 e. The average molecular weight is 429 g/mol. The Morgan fingerprint density at radius 1 is 0.759 bits per heavy atom. The summed E-state index contributed by atoms with van der Waals surface area (Å²) >= 11 is 12.9. The summed E-state index contributed by atoms with van der Waals surface area (Å²) in [6.45, 7) is 0. The molecular formula is C24H26Cl2N2O. The number of anilines is 2. The SMILES string of the molecule is CN(C)c1ccc(/C=C2\CCC/C(=C\c3ccc(N(C)C)cc3Cl)C2=O)c(Cl)c1. The van der Waals surface area contributed by atoms with Crippen LogP contribution >= 0.6 is 23.2 Å². The minimum Gasteiger partial charge on any atom is -0.378 e. The molecule has 0 radical (unpaired) electrons. The fourth-order valence-corrected chi connectivity index (χ4v) is 3.83. The lowest BCUT2D eigenvalue weighted by Gasteiger charge is -2.18. The van der Waals surface area contributed by atoms with Gasteiger partial charge in [0.25, 0.3) is 0 Å². The second-order valence-corrected chi connectivity index (χ2v) is 8.54. The molecule has 0 unspecified atom stereocenters. The molecule has 5 heteroatoms. The maximum absolute atomic E-state index is 13.1. The molecule has 3 rings (SSSR count). The molecule has 0 amide bonds. The molecule has 0 spiro atoms. The average Bonchev–Trinajstić information content (AvgIpc) is 2.67. The van der Waals surface area contributed by atoms with E-state index in [4.69, 9.17) is 23.2 Å². The lowest BCUT2D eigenvalue weighted by Crippen LogP contribution is -2.12. The number of hydrogen-bond acceptors (Lipinski definition) is 3. The highest BCUT2D eigenvalue weighted by atomic mass is 35.5. The molecule has 0 aromatic heterocycles. The minimum absolute atomic E-state index is 0.0803. The van der Waals surface area contributed by atoms with E-state index in [-0.39, 0.29) is 5.78 Å². The minimum atomic E-state index is 0.0803. The van der Waals surface area contributed by atoms with Crippen LogP contribution in [0.15, 0.2) is 47.5 Å². The van der Waals surface area contributed by atoms with E-state index in [1.54, 1.807) is 0 Å². The van der Waals surface area contributed by atoms with Crippen LogP contribution in [0.4, 0.5) is 11.4 Å². The number of carbonyl (C=O) groups is 1. The van der Waals surface area contributed by atoms with Crippen LogP contribution in [-0.2, 0) is 4.79 Å². The monoisotopic (exact) mass is 428 g/mol. The Bertz CT molecular complexity index is 913. The van der Waals surface area contributed by atoms with Crippen LogP contribution in [-0.4, -0.2) is 34.0 Å². The number of hydrogen-bond donors (Lipinski definition) is 0. The van der Waals surface area contributed by atoms with Gasteiger partial charge in [-0.25, -0.2) is 0 Å². The van der Waals surface area contributed by atoms with Crippen LogP contribution in [0.1, 0.15) is 30.4 Å². The highest BCUT2D eigenvalue weighted by Crippen LogP contribution is 2.32. The van der Waals surface area contributed by atoms with Gasteiger partial charge in [-0.2, -0.15) is 0 Å². The fourth-order valence-electron chi connectivity index (χ4n) is 3.38. The van der Waals surface area contributed by atoms with Crippen molar-refractivity contribution in [2.75, 3.05) is 38.0 Å². The Hall–Kier alpha value is -2.23. The van der Waals surface area contributed by atoms with Crippen LogP contribution in [0.3, 0.4) is 0 Å². The van der Waals surface area contributed by atoms with Gasteiger partial charge in [0.05, 0.1) is 0 Å². The van der Waals surface area contributed by atoms with Crippen LogP contribution in [0.25, 0.3) is 12.2 Å². The van der Waals surface area contributed by atoms with Crippen molar-refractivity contribution >= 4 is 52.5 Å². The van der Waals surface area contributed by atoms with Crippen LogP contribution in [0, 0.1) is 0 Å². The van der Waals surface area contributed by atoms with Gasteiger partial charge in [-0.1, -0.05) is 35.3 Å². The normalized spacial score (nSPS) is 17.1. The Morgan fingerprint density at radius 2 is 1.17 bits per heavy atom. The van der Waals surface area contributed by atoms with E-state index in [1.807, 2.05) is 86.5 Å². The molecule has 152 valence electrons. The molecule has 29 heavy (non-hydrogen) atoms. The van der Waals surface area contributed by atoms with Gasteiger partial charge in [-0.05, 0) is 66.8 Å². The van der Waals surface area contributed by atoms with Crippen molar-refractivity contribution < 1.29 is 4.79 Å². The van der Waals surface area contributed by atoms with Crippen molar-refractivity contribution in [3.8, 4) is 0 Å². The summed E-state index contributed by atoms with van der Waals surface area (Å²) in [5, 5.41) is 1.30. The van der Waals surface area contributed by atoms with Crippen LogP contribution < -0.4 is 9.80 Å². The van der Waals surface area contributed by atoms with E-state index < -0.39 is 0 Å². The van der Waals surface area contributed by atoms with Gasteiger partial charge >= 0.3 is 0 Å². The van der Waals surface area contributed by atoms with E-state index in [0.29, 0.717) is 10.0 Å². The number of nitrogens with zero attached hydrogens (tertiary/aromatic N) is 2. The standard InChI is InChI=1S/C24H26Cl2N2O/c1-27(2)20-10-8-16(22(25)14-20)12-18-6-5-7-19(24(18)29)13-17-9-11-21(28(3)4)15-23(17)26/h8-15H,5-7H2,1-4H3/b18-12+,19-13+. The number of ketones is 1. The first-order chi connectivity index (χ1) is 13.8. The van der Waals surface area contributed by atoms with Gasteiger partial charge in [-0.15, -0.1) is 0 Å². The van der Waals surface area contributed by atoms with Crippen molar-refractivity contribution in [3.63, 3.8) is 0 Å². The number of Topliss-reactive ketones (excluding diaryl/α,β-unsaturated/α-hetero) is 1. The molecule has 0 heterocycles. The zero-order chi connectivity index (χ0) is 21.1. The molecule has 1 aliphatic carbocycles. The number of rotatable bonds is 4. The molecule has 2 aromatic carbocycles. The van der Waals surface area contributed by atoms with E-state index in [2.05, 4.69) is 0 Å². The summed E-state index contributed by atoms with van der Waals surface area (Å²) < 4.78 is 0. The van der Waals surface area contributed by atoms with Gasteiger partial charge in [-0.3, -0.25) is 4.79 Å². The second kappa shape index (κ2) is 9.06. The van der Waals surface area contributed by atoms with Gasteiger partial charge in [0.1, 0.15) is 0 Å². The van der Waals surface area contributed by atoms with Gasteiger partial charge < -0.3 is 9.80 Å². The lowest BCUT2D eigenvalue weighted by atomic mass is 9.87. The van der Waals surface area contributed by atoms with Crippen molar-refractivity contribution in [2.24, 2.45) is 0 Å². The molecular weight excluding hydrogens is 403 g/mol. The van der Waals surface area contributed by atoms with Crippen molar-refractivity contribution in [2.45, 2.75) is 19.3 Å². The molecule has 2 aromatic rings. The topological polar surface area (TPSA) is 23.6 Å². The molecule has 0 N–H and O–H groups in total. The second-order valence-electron chi connectivity index (χ2n) is 7.72. The summed E-state index contributed by atoms with van der Waals surface area (Å²) in [7, 11) is 7.90. The predicted octanol–water partition coefficient (Wildman–Crippen LogP) is 6.35. The highest BCUT2D eigenvalue weighted by Gasteiger charge is 2.21. The summed E-state index contributed by atoms with van der Waals surface area (Å²) in [6, 6.07) is 11.8. The fraction of sp³-hybridized carbons (Fsp3) is 0.292. The Kier molecular flexibility index (Phi) is 6.71. The first kappa shape index (κ1) is 21.5. The third-order valence-electron chi connectivity index (χ3n) is 5.14. The molecule has 0 aliphatic heterocycles. The summed E-state index contributed by atoms with van der Waals surface area (Å²) in [5.41, 5.74) is 5.39. The lowest BCUT2D eigenvalue weighted by molar-refractivity contribution is -0.112.